The number of methoxy groups -OCH3 is 1. The van der Waals surface area contributed by atoms with E-state index in [9.17, 15) is 9.59 Å². The van der Waals surface area contributed by atoms with E-state index in [0.29, 0.717) is 17.6 Å². The van der Waals surface area contributed by atoms with Crippen LogP contribution in [0.1, 0.15) is 44.5 Å². The van der Waals surface area contributed by atoms with Crippen molar-refractivity contribution in [2.24, 2.45) is 7.05 Å². The van der Waals surface area contributed by atoms with Crippen molar-refractivity contribution >= 4 is 28.7 Å². The number of carbonyl (C=O) groups excluding carboxylic acids is 2. The molecule has 1 amide bonds. The molecule has 0 unspecified atom stereocenters. The van der Waals surface area contributed by atoms with E-state index >= 15 is 0 Å². The van der Waals surface area contributed by atoms with Crippen molar-refractivity contribution in [3.05, 3.63) is 23.9 Å². The van der Waals surface area contributed by atoms with Gasteiger partial charge >= 0.3 is 12.1 Å². The second-order valence-corrected chi connectivity index (χ2v) is 8.27. The van der Waals surface area contributed by atoms with Crippen LogP contribution >= 0.6 is 0 Å². The van der Waals surface area contributed by atoms with Gasteiger partial charge in [0.05, 0.1) is 18.7 Å². The van der Waals surface area contributed by atoms with Crippen LogP contribution in [0.25, 0.3) is 10.9 Å². The maximum absolute atomic E-state index is 12.1. The van der Waals surface area contributed by atoms with Crippen molar-refractivity contribution in [2.75, 3.05) is 18.6 Å². The zero-order valence-corrected chi connectivity index (χ0v) is 17.3. The fourth-order valence-electron chi connectivity index (χ4n) is 3.68. The Morgan fingerprint density at radius 3 is 2.64 bits per heavy atom. The number of nitrogens with one attached hydrogen (secondary N) is 1. The van der Waals surface area contributed by atoms with Crippen LogP contribution in [-0.2, 0) is 16.5 Å². The van der Waals surface area contributed by atoms with E-state index in [-0.39, 0.29) is 12.1 Å². The molecule has 3 rings (SSSR count). The van der Waals surface area contributed by atoms with Crippen LogP contribution in [0, 0.1) is 0 Å². The van der Waals surface area contributed by atoms with Gasteiger partial charge in [-0.15, -0.1) is 0 Å². The predicted octanol–water partition coefficient (Wildman–Crippen LogP) is 2.85. The molecule has 1 fully saturated rings. The molecule has 8 nitrogen and oxygen atoms in total. The summed E-state index contributed by atoms with van der Waals surface area (Å²) in [6, 6.07) is 3.87. The number of anilines is 1. The minimum Gasteiger partial charge on any atom is -0.465 e. The van der Waals surface area contributed by atoms with Crippen molar-refractivity contribution in [3.8, 4) is 0 Å². The number of esters is 1. The van der Waals surface area contributed by atoms with Gasteiger partial charge in [0, 0.05) is 36.9 Å². The van der Waals surface area contributed by atoms with Crippen LogP contribution in [0.3, 0.4) is 0 Å². The first-order chi connectivity index (χ1) is 13.1. The Bertz CT molecular complexity index is 899. The van der Waals surface area contributed by atoms with E-state index in [0.717, 1.165) is 17.5 Å². The first-order valence-corrected chi connectivity index (χ1v) is 9.40. The van der Waals surface area contributed by atoms with Crippen LogP contribution in [0.4, 0.5) is 10.5 Å². The molecular formula is C20H28N4O4. The monoisotopic (exact) mass is 388 g/mol. The number of aromatic nitrogens is 2. The lowest BCUT2D eigenvalue weighted by molar-refractivity contribution is 0.0507. The number of hydrogen-bond acceptors (Lipinski definition) is 6. The average molecular weight is 388 g/mol. The van der Waals surface area contributed by atoms with Gasteiger partial charge < -0.3 is 19.7 Å². The van der Waals surface area contributed by atoms with Crippen molar-refractivity contribution in [2.45, 2.75) is 51.8 Å². The molecule has 2 heterocycles. The third kappa shape index (κ3) is 4.05. The number of fused-ring (bicyclic) bond motifs is 1. The lowest BCUT2D eigenvalue weighted by Gasteiger charge is -2.25. The van der Waals surface area contributed by atoms with Crippen LogP contribution < -0.4 is 10.2 Å². The lowest BCUT2D eigenvalue weighted by atomic mass is 10.1. The van der Waals surface area contributed by atoms with E-state index in [1.165, 1.54) is 7.11 Å². The normalized spacial score (nSPS) is 19.7. The zero-order valence-electron chi connectivity index (χ0n) is 17.3. The van der Waals surface area contributed by atoms with Crippen LogP contribution in [-0.4, -0.2) is 53.2 Å². The third-order valence-electron chi connectivity index (χ3n) is 4.78. The van der Waals surface area contributed by atoms with Crippen molar-refractivity contribution < 1.29 is 19.1 Å². The van der Waals surface area contributed by atoms with Crippen LogP contribution in [0.5, 0.6) is 0 Å². The number of nitrogens with zero attached hydrogens (tertiary/aromatic N) is 3. The van der Waals surface area contributed by atoms with Gasteiger partial charge in [0.1, 0.15) is 11.1 Å². The van der Waals surface area contributed by atoms with E-state index < -0.39 is 17.7 Å². The molecule has 1 aliphatic rings. The summed E-state index contributed by atoms with van der Waals surface area (Å²) in [5.74, 6) is -0.408. The Morgan fingerprint density at radius 1 is 1.29 bits per heavy atom. The molecule has 28 heavy (non-hydrogen) atoms. The van der Waals surface area contributed by atoms with Crippen molar-refractivity contribution in [1.29, 1.82) is 0 Å². The highest BCUT2D eigenvalue weighted by Crippen LogP contribution is 2.34. The van der Waals surface area contributed by atoms with Crippen LogP contribution in [0.15, 0.2) is 18.3 Å². The summed E-state index contributed by atoms with van der Waals surface area (Å²) in [5.41, 5.74) is 1.51. The molecule has 1 N–H and O–H groups in total. The molecule has 0 spiro atoms. The third-order valence-corrected chi connectivity index (χ3v) is 4.78. The van der Waals surface area contributed by atoms with Gasteiger partial charge in [0.25, 0.3) is 0 Å². The zero-order chi connectivity index (χ0) is 20.6. The van der Waals surface area contributed by atoms with Gasteiger partial charge in [-0.05, 0) is 46.2 Å². The number of aryl methyl sites for hydroxylation is 1. The number of benzene rings is 1. The van der Waals surface area contributed by atoms with E-state index in [2.05, 4.69) is 22.2 Å². The number of rotatable bonds is 3. The standard InChI is InChI=1S/C20H28N4O4/c1-12-9-13(21-19(26)28-20(2,3)4)10-24(12)16-8-7-14(18(25)27-6)17-15(16)11-23(5)22-17/h7-8,11-13H,9-10H2,1-6H3,(H,21,26)/t12-,13-/m0/s1. The Balaban J connectivity index is 1.85. The SMILES string of the molecule is COC(=O)c1ccc(N2C[C@@H](NC(=O)OC(C)(C)C)C[C@@H]2C)c2cn(C)nc12. The summed E-state index contributed by atoms with van der Waals surface area (Å²) >= 11 is 0. The van der Waals surface area contributed by atoms with Gasteiger partial charge in [-0.25, -0.2) is 9.59 Å². The summed E-state index contributed by atoms with van der Waals surface area (Å²) in [6.45, 7) is 8.31. The van der Waals surface area contributed by atoms with E-state index in [1.54, 1.807) is 10.7 Å². The minimum atomic E-state index is -0.528. The number of ether oxygens (including phenoxy) is 2. The molecule has 0 bridgehead atoms. The van der Waals surface area contributed by atoms with E-state index in [4.69, 9.17) is 9.47 Å². The minimum absolute atomic E-state index is 0.0168. The first-order valence-electron chi connectivity index (χ1n) is 9.40. The first kappa shape index (κ1) is 20.0. The van der Waals surface area contributed by atoms with Crippen LogP contribution in [0.2, 0.25) is 0 Å². The largest absolute Gasteiger partial charge is 0.465 e. The molecule has 1 aromatic heterocycles. The highest BCUT2D eigenvalue weighted by Gasteiger charge is 2.33. The number of carbonyl (C=O) groups is 2. The van der Waals surface area contributed by atoms with E-state index in [1.807, 2.05) is 40.1 Å². The molecular weight excluding hydrogens is 360 g/mol. The average Bonchev–Trinajstić information content (AvgIpc) is 3.13. The summed E-state index contributed by atoms with van der Waals surface area (Å²) in [4.78, 5) is 26.4. The highest BCUT2D eigenvalue weighted by atomic mass is 16.6. The summed E-state index contributed by atoms with van der Waals surface area (Å²) in [5, 5.41) is 8.29. The van der Waals surface area contributed by atoms with Gasteiger partial charge in [0.15, 0.2) is 0 Å². The molecule has 0 radical (unpaired) electrons. The molecule has 152 valence electrons. The number of amides is 1. The quantitative estimate of drug-likeness (QED) is 0.814. The summed E-state index contributed by atoms with van der Waals surface area (Å²) in [7, 11) is 3.19. The van der Waals surface area contributed by atoms with Crippen molar-refractivity contribution in [3.63, 3.8) is 0 Å². The maximum atomic E-state index is 12.1. The Morgan fingerprint density at radius 2 is 2.00 bits per heavy atom. The molecule has 1 saturated heterocycles. The Kier molecular flexibility index (Phi) is 5.23. The summed E-state index contributed by atoms with van der Waals surface area (Å²) in [6.07, 6.45) is 2.30. The van der Waals surface area contributed by atoms with Gasteiger partial charge in [-0.1, -0.05) is 0 Å². The lowest BCUT2D eigenvalue weighted by Crippen LogP contribution is -2.40. The van der Waals surface area contributed by atoms with Gasteiger partial charge in [-0.3, -0.25) is 4.68 Å². The fraction of sp³-hybridized carbons (Fsp3) is 0.550. The highest BCUT2D eigenvalue weighted by molar-refractivity contribution is 6.06. The second-order valence-electron chi connectivity index (χ2n) is 8.27. The second kappa shape index (κ2) is 7.33. The predicted molar refractivity (Wildman–Crippen MR) is 107 cm³/mol. The maximum Gasteiger partial charge on any atom is 0.407 e. The molecule has 0 aliphatic carbocycles. The van der Waals surface area contributed by atoms with Gasteiger partial charge in [-0.2, -0.15) is 5.10 Å². The van der Waals surface area contributed by atoms with Gasteiger partial charge in [0.2, 0.25) is 0 Å². The molecule has 1 aliphatic heterocycles. The topological polar surface area (TPSA) is 85.7 Å². The molecule has 2 atom stereocenters. The molecule has 0 saturated carbocycles. The molecule has 8 heteroatoms. The summed E-state index contributed by atoms with van der Waals surface area (Å²) < 4.78 is 11.9. The fourth-order valence-corrected chi connectivity index (χ4v) is 3.68. The Hall–Kier alpha value is -2.77. The Labute approximate surface area is 164 Å². The molecule has 1 aromatic carbocycles. The van der Waals surface area contributed by atoms with Crippen molar-refractivity contribution in [1.82, 2.24) is 15.1 Å². The number of hydrogen-bond donors (Lipinski definition) is 1. The number of alkyl carbamates (subject to hydrolysis) is 1. The smallest absolute Gasteiger partial charge is 0.407 e. The molecule has 2 aromatic rings.